The van der Waals surface area contributed by atoms with Gasteiger partial charge >= 0.3 is 0 Å². The van der Waals surface area contributed by atoms with Crippen molar-refractivity contribution in [2.24, 2.45) is 0 Å². The molecule has 2 N–H and O–H groups in total. The number of benzene rings is 1. The number of pyridine rings is 2. The van der Waals surface area contributed by atoms with E-state index in [1.54, 1.807) is 29.8 Å². The third kappa shape index (κ3) is 4.45. The Morgan fingerprint density at radius 1 is 1.24 bits per heavy atom. The number of carbonyl (C=O) groups is 1. The fraction of sp³-hybridized carbons (Fsp3) is 0.227. The van der Waals surface area contributed by atoms with Crippen LogP contribution in [0.2, 0.25) is 0 Å². The van der Waals surface area contributed by atoms with E-state index in [4.69, 9.17) is 4.74 Å². The molecule has 0 aliphatic rings. The molecule has 3 rings (SSSR count). The van der Waals surface area contributed by atoms with Gasteiger partial charge in [-0.05, 0) is 25.5 Å². The predicted octanol–water partition coefficient (Wildman–Crippen LogP) is 2.81. The van der Waals surface area contributed by atoms with E-state index < -0.39 is 5.91 Å². The Balaban J connectivity index is 1.76. The molecule has 2 heterocycles. The molecule has 1 unspecified atom stereocenters. The first kappa shape index (κ1) is 20.1. The maximum Gasteiger partial charge on any atom is 0.251 e. The summed E-state index contributed by atoms with van der Waals surface area (Å²) in [6.07, 6.45) is 1.61. The lowest BCUT2D eigenvalue weighted by molar-refractivity contribution is 0.0950. The van der Waals surface area contributed by atoms with Crippen LogP contribution in [0.5, 0.6) is 11.6 Å². The van der Waals surface area contributed by atoms with Crippen molar-refractivity contribution >= 4 is 5.91 Å². The maximum absolute atomic E-state index is 12.5. The van der Waals surface area contributed by atoms with E-state index in [1.807, 2.05) is 37.3 Å². The Kier molecular flexibility index (Phi) is 5.97. The molecule has 0 radical (unpaired) electrons. The molecule has 7 nitrogen and oxygen atoms in total. The van der Waals surface area contributed by atoms with Gasteiger partial charge in [-0.1, -0.05) is 30.3 Å². The summed E-state index contributed by atoms with van der Waals surface area (Å²) < 4.78 is 6.82. The van der Waals surface area contributed by atoms with Gasteiger partial charge in [-0.15, -0.1) is 0 Å². The van der Waals surface area contributed by atoms with Gasteiger partial charge in [0.1, 0.15) is 5.75 Å². The van der Waals surface area contributed by atoms with Crippen LogP contribution < -0.4 is 15.6 Å². The summed E-state index contributed by atoms with van der Waals surface area (Å²) in [5, 5.41) is 12.7. The van der Waals surface area contributed by atoms with Crippen LogP contribution in [0.25, 0.3) is 0 Å². The van der Waals surface area contributed by atoms with Crippen molar-refractivity contribution in [1.29, 1.82) is 0 Å². The summed E-state index contributed by atoms with van der Waals surface area (Å²) in [7, 11) is 1.48. The molecule has 150 valence electrons. The van der Waals surface area contributed by atoms with Gasteiger partial charge in [-0.25, -0.2) is 4.98 Å². The van der Waals surface area contributed by atoms with Crippen LogP contribution in [-0.2, 0) is 6.54 Å². The zero-order valence-corrected chi connectivity index (χ0v) is 16.5. The second kappa shape index (κ2) is 8.60. The SMILES string of the molecule is COc1cc(C)nc(O)c1CNC(=O)c1ccn(C(C)c2ccccc2)c(=O)c1. The fourth-order valence-electron chi connectivity index (χ4n) is 3.12. The van der Waals surface area contributed by atoms with Crippen molar-refractivity contribution < 1.29 is 14.6 Å². The van der Waals surface area contributed by atoms with E-state index in [0.717, 1.165) is 5.56 Å². The first-order valence-electron chi connectivity index (χ1n) is 9.19. The van der Waals surface area contributed by atoms with Crippen LogP contribution in [0.4, 0.5) is 0 Å². The summed E-state index contributed by atoms with van der Waals surface area (Å²) in [6.45, 7) is 3.68. The van der Waals surface area contributed by atoms with Gasteiger partial charge in [0.25, 0.3) is 11.5 Å². The van der Waals surface area contributed by atoms with Gasteiger partial charge in [-0.2, -0.15) is 0 Å². The lowest BCUT2D eigenvalue weighted by Crippen LogP contribution is -2.28. The standard InChI is InChI=1S/C22H23N3O4/c1-14-11-19(29-3)18(22(28)24-14)13-23-21(27)17-9-10-25(20(26)12-17)15(2)16-7-5-4-6-8-16/h4-12,15H,13H2,1-3H3,(H,23,27)(H,24,28). The lowest BCUT2D eigenvalue weighted by atomic mass is 10.1. The lowest BCUT2D eigenvalue weighted by Gasteiger charge is -2.16. The van der Waals surface area contributed by atoms with E-state index in [0.29, 0.717) is 17.0 Å². The number of aromatic hydroxyl groups is 1. The number of amides is 1. The maximum atomic E-state index is 12.5. The summed E-state index contributed by atoms with van der Waals surface area (Å²) in [6, 6.07) is 14.1. The molecule has 3 aromatic rings. The second-order valence-corrected chi connectivity index (χ2v) is 6.70. The monoisotopic (exact) mass is 393 g/mol. The molecule has 7 heteroatoms. The second-order valence-electron chi connectivity index (χ2n) is 6.70. The molecule has 29 heavy (non-hydrogen) atoms. The van der Waals surface area contributed by atoms with Crippen molar-refractivity contribution in [2.75, 3.05) is 7.11 Å². The molecule has 0 fully saturated rings. The summed E-state index contributed by atoms with van der Waals surface area (Å²) in [5.41, 5.74) is 1.95. The Labute approximate surface area is 168 Å². The Morgan fingerprint density at radius 3 is 2.62 bits per heavy atom. The smallest absolute Gasteiger partial charge is 0.251 e. The van der Waals surface area contributed by atoms with Gasteiger partial charge in [0.05, 0.1) is 25.3 Å². The highest BCUT2D eigenvalue weighted by atomic mass is 16.5. The Bertz CT molecular complexity index is 1080. The van der Waals surface area contributed by atoms with E-state index in [-0.39, 0.29) is 29.6 Å². The Morgan fingerprint density at radius 2 is 1.97 bits per heavy atom. The summed E-state index contributed by atoms with van der Waals surface area (Å²) in [4.78, 5) is 29.0. The minimum Gasteiger partial charge on any atom is -0.496 e. The number of rotatable bonds is 6. The molecular weight excluding hydrogens is 370 g/mol. The topological polar surface area (TPSA) is 93.4 Å². The zero-order chi connectivity index (χ0) is 21.0. The molecule has 1 amide bonds. The molecule has 0 aliphatic carbocycles. The van der Waals surface area contributed by atoms with Crippen molar-refractivity contribution in [3.05, 3.63) is 87.5 Å². The number of ether oxygens (including phenoxy) is 1. The Hall–Kier alpha value is -3.61. The van der Waals surface area contributed by atoms with E-state index in [9.17, 15) is 14.7 Å². The van der Waals surface area contributed by atoms with Crippen LogP contribution >= 0.6 is 0 Å². The number of nitrogens with zero attached hydrogens (tertiary/aromatic N) is 2. The molecular formula is C22H23N3O4. The van der Waals surface area contributed by atoms with Crippen molar-refractivity contribution in [2.45, 2.75) is 26.4 Å². The van der Waals surface area contributed by atoms with Crippen LogP contribution in [0, 0.1) is 6.92 Å². The van der Waals surface area contributed by atoms with Gasteiger partial charge < -0.3 is 19.7 Å². The molecule has 0 spiro atoms. The number of hydrogen-bond donors (Lipinski definition) is 2. The highest BCUT2D eigenvalue weighted by molar-refractivity contribution is 5.94. The number of carbonyl (C=O) groups excluding carboxylic acids is 1. The van der Waals surface area contributed by atoms with Crippen molar-refractivity contribution in [1.82, 2.24) is 14.9 Å². The highest BCUT2D eigenvalue weighted by Gasteiger charge is 2.15. The quantitative estimate of drug-likeness (QED) is 0.672. The first-order valence-corrected chi connectivity index (χ1v) is 9.19. The van der Waals surface area contributed by atoms with Crippen LogP contribution in [-0.4, -0.2) is 27.7 Å². The number of methoxy groups -OCH3 is 1. The first-order chi connectivity index (χ1) is 13.9. The number of aromatic nitrogens is 2. The summed E-state index contributed by atoms with van der Waals surface area (Å²) in [5.74, 6) is -0.194. The minimum absolute atomic E-state index is 0.0185. The normalized spacial score (nSPS) is 11.7. The minimum atomic E-state index is -0.427. The largest absolute Gasteiger partial charge is 0.496 e. The van der Waals surface area contributed by atoms with Crippen LogP contribution in [0.1, 0.15) is 40.1 Å². The summed E-state index contributed by atoms with van der Waals surface area (Å²) >= 11 is 0. The molecule has 0 saturated heterocycles. The van der Waals surface area contributed by atoms with E-state index in [1.165, 1.54) is 13.2 Å². The van der Waals surface area contributed by atoms with Crippen molar-refractivity contribution in [3.8, 4) is 11.6 Å². The van der Waals surface area contributed by atoms with E-state index >= 15 is 0 Å². The van der Waals surface area contributed by atoms with Gasteiger partial charge in [0, 0.05) is 29.6 Å². The molecule has 2 aromatic heterocycles. The number of aryl methyl sites for hydroxylation is 1. The molecule has 0 saturated carbocycles. The third-order valence-corrected chi connectivity index (χ3v) is 4.74. The number of hydrogen-bond acceptors (Lipinski definition) is 5. The predicted molar refractivity (Wildman–Crippen MR) is 109 cm³/mol. The fourth-order valence-corrected chi connectivity index (χ4v) is 3.12. The van der Waals surface area contributed by atoms with Crippen LogP contribution in [0.3, 0.4) is 0 Å². The molecule has 1 aromatic carbocycles. The van der Waals surface area contributed by atoms with Gasteiger partial charge in [-0.3, -0.25) is 9.59 Å². The van der Waals surface area contributed by atoms with Gasteiger partial charge in [0.2, 0.25) is 5.88 Å². The van der Waals surface area contributed by atoms with Crippen LogP contribution in [0.15, 0.2) is 59.5 Å². The highest BCUT2D eigenvalue weighted by Crippen LogP contribution is 2.26. The van der Waals surface area contributed by atoms with Crippen molar-refractivity contribution in [3.63, 3.8) is 0 Å². The molecule has 0 bridgehead atoms. The zero-order valence-electron chi connectivity index (χ0n) is 16.5. The average Bonchev–Trinajstić information content (AvgIpc) is 2.72. The van der Waals surface area contributed by atoms with E-state index in [2.05, 4.69) is 10.3 Å². The average molecular weight is 393 g/mol. The third-order valence-electron chi connectivity index (χ3n) is 4.74. The number of nitrogens with one attached hydrogen (secondary N) is 1. The molecule has 0 aliphatic heterocycles. The molecule has 1 atom stereocenters. The van der Waals surface area contributed by atoms with Gasteiger partial charge in [0.15, 0.2) is 0 Å².